The van der Waals surface area contributed by atoms with Gasteiger partial charge in [-0.3, -0.25) is 4.79 Å². The maximum Gasteiger partial charge on any atom is 0.336 e. The van der Waals surface area contributed by atoms with Gasteiger partial charge in [0, 0.05) is 40.1 Å². The molecule has 1 aromatic carbocycles. The molecule has 0 unspecified atom stereocenters. The predicted octanol–water partition coefficient (Wildman–Crippen LogP) is 5.45. The van der Waals surface area contributed by atoms with Crippen LogP contribution in [0.2, 0.25) is 0 Å². The first-order chi connectivity index (χ1) is 14.8. The number of ketones is 1. The summed E-state index contributed by atoms with van der Waals surface area (Å²) in [5, 5.41) is 5.34. The summed E-state index contributed by atoms with van der Waals surface area (Å²) < 4.78 is 19.7. The van der Waals surface area contributed by atoms with Crippen LogP contribution in [0.5, 0.6) is 0 Å². The van der Waals surface area contributed by atoms with Gasteiger partial charge in [-0.2, -0.15) is 0 Å². The third kappa shape index (κ3) is 4.35. The Hall–Kier alpha value is -2.73. The highest BCUT2D eigenvalue weighted by atomic mass is 32.1. The van der Waals surface area contributed by atoms with E-state index in [2.05, 4.69) is 11.4 Å². The lowest BCUT2D eigenvalue weighted by Gasteiger charge is -2.36. The van der Waals surface area contributed by atoms with E-state index in [4.69, 9.17) is 4.74 Å². The van der Waals surface area contributed by atoms with Crippen LogP contribution in [0.1, 0.15) is 55.9 Å². The van der Waals surface area contributed by atoms with Crippen LogP contribution in [-0.2, 0) is 14.3 Å². The lowest BCUT2D eigenvalue weighted by molar-refractivity contribution is -0.140. The van der Waals surface area contributed by atoms with Crippen molar-refractivity contribution in [2.45, 2.75) is 45.4 Å². The molecule has 4 rings (SSSR count). The van der Waals surface area contributed by atoms with Gasteiger partial charge in [0.2, 0.25) is 0 Å². The predicted molar refractivity (Wildman–Crippen MR) is 119 cm³/mol. The number of allylic oxidation sites excluding steroid dienone is 3. The average molecular weight is 440 g/mol. The fraction of sp³-hybridized carbons (Fsp3) is 0.360. The molecule has 0 fully saturated rings. The van der Waals surface area contributed by atoms with Gasteiger partial charge in [0.1, 0.15) is 5.82 Å². The molecule has 2 aliphatic rings. The Labute approximate surface area is 185 Å². The monoisotopic (exact) mass is 439 g/mol. The largest absolute Gasteiger partial charge is 0.462 e. The molecule has 2 aromatic rings. The first kappa shape index (κ1) is 21.5. The maximum atomic E-state index is 14.1. The van der Waals surface area contributed by atoms with Crippen LogP contribution < -0.4 is 5.32 Å². The van der Waals surface area contributed by atoms with Gasteiger partial charge >= 0.3 is 5.97 Å². The van der Waals surface area contributed by atoms with Gasteiger partial charge in [-0.1, -0.05) is 32.0 Å². The van der Waals surface area contributed by atoms with Crippen molar-refractivity contribution >= 4 is 23.1 Å². The van der Waals surface area contributed by atoms with Crippen molar-refractivity contribution in [3.8, 4) is 0 Å². The number of ether oxygens (including phenoxy) is 1. The van der Waals surface area contributed by atoms with Gasteiger partial charge in [0.25, 0.3) is 0 Å². The van der Waals surface area contributed by atoms with Crippen LogP contribution in [0.25, 0.3) is 0 Å². The zero-order valence-electron chi connectivity index (χ0n) is 17.9. The summed E-state index contributed by atoms with van der Waals surface area (Å²) in [6.07, 6.45) is 1.05. The lowest BCUT2D eigenvalue weighted by atomic mass is 9.72. The van der Waals surface area contributed by atoms with Crippen molar-refractivity contribution in [3.63, 3.8) is 0 Å². The molecule has 1 aliphatic carbocycles. The van der Waals surface area contributed by atoms with Crippen LogP contribution in [0.3, 0.4) is 0 Å². The Bertz CT molecular complexity index is 1070. The Kier molecular flexibility index (Phi) is 6.10. The number of esters is 1. The summed E-state index contributed by atoms with van der Waals surface area (Å²) in [5.74, 6) is -1.22. The summed E-state index contributed by atoms with van der Waals surface area (Å²) in [4.78, 5) is 27.6. The molecule has 1 aliphatic heterocycles. The summed E-state index contributed by atoms with van der Waals surface area (Å²) in [6.45, 7) is 6.04. The van der Waals surface area contributed by atoms with E-state index in [9.17, 15) is 14.0 Å². The first-order valence-corrected chi connectivity index (χ1v) is 11.4. The summed E-state index contributed by atoms with van der Waals surface area (Å²) >= 11 is 1.65. The van der Waals surface area contributed by atoms with Crippen molar-refractivity contribution in [1.82, 2.24) is 5.32 Å². The van der Waals surface area contributed by atoms with Crippen molar-refractivity contribution in [3.05, 3.63) is 80.6 Å². The molecule has 0 spiro atoms. The second kappa shape index (κ2) is 8.79. The fourth-order valence-corrected chi connectivity index (χ4v) is 5.20. The van der Waals surface area contributed by atoms with E-state index in [1.54, 1.807) is 23.5 Å². The standard InChI is InChI=1S/C25H26FNO3S/c1-14(2)13-30-25(29)22-15(3)27-19-11-17(21-8-5-9-31-21)12-20(28)24(19)23(22)16-6-4-7-18(26)10-16/h4-10,14,17,23,27H,11-13H2,1-3H3/t17-,23+/m1/s1. The van der Waals surface area contributed by atoms with E-state index in [1.807, 2.05) is 32.2 Å². The fourth-order valence-electron chi connectivity index (χ4n) is 4.37. The van der Waals surface area contributed by atoms with Crippen molar-refractivity contribution < 1.29 is 18.7 Å². The van der Waals surface area contributed by atoms with Crippen LogP contribution in [0.4, 0.5) is 4.39 Å². The molecule has 162 valence electrons. The van der Waals surface area contributed by atoms with Crippen molar-refractivity contribution in [2.24, 2.45) is 5.92 Å². The maximum absolute atomic E-state index is 14.1. The zero-order valence-corrected chi connectivity index (χ0v) is 18.7. The molecule has 0 saturated heterocycles. The molecule has 1 aromatic heterocycles. The quantitative estimate of drug-likeness (QED) is 0.630. The number of hydrogen-bond donors (Lipinski definition) is 1. The molecule has 4 nitrogen and oxygen atoms in total. The molecular formula is C25H26FNO3S. The number of rotatable bonds is 5. The number of hydrogen-bond acceptors (Lipinski definition) is 5. The molecule has 31 heavy (non-hydrogen) atoms. The Balaban J connectivity index is 1.77. The summed E-state index contributed by atoms with van der Waals surface area (Å²) in [7, 11) is 0. The minimum Gasteiger partial charge on any atom is -0.462 e. The number of Topliss-reactive ketones (excluding diaryl/α,β-unsaturated/α-hetero) is 1. The third-order valence-electron chi connectivity index (χ3n) is 5.72. The minimum atomic E-state index is -0.636. The second-order valence-corrected chi connectivity index (χ2v) is 9.56. The first-order valence-electron chi connectivity index (χ1n) is 10.5. The number of thiophene rings is 1. The van der Waals surface area contributed by atoms with Crippen LogP contribution in [0, 0.1) is 11.7 Å². The number of benzene rings is 1. The van der Waals surface area contributed by atoms with Gasteiger partial charge in [0.05, 0.1) is 12.2 Å². The molecule has 1 N–H and O–H groups in total. The van der Waals surface area contributed by atoms with E-state index >= 15 is 0 Å². The van der Waals surface area contributed by atoms with Crippen LogP contribution in [-0.4, -0.2) is 18.4 Å². The molecule has 2 atom stereocenters. The SMILES string of the molecule is CC1=C(C(=O)OCC(C)C)[C@H](c2cccc(F)c2)C2=C(C[C@@H](c3cccs3)CC2=O)N1. The Morgan fingerprint density at radius 2 is 2.06 bits per heavy atom. The van der Waals surface area contributed by atoms with Crippen LogP contribution in [0.15, 0.2) is 64.3 Å². The summed E-state index contributed by atoms with van der Waals surface area (Å²) in [6, 6.07) is 10.2. The molecule has 0 bridgehead atoms. The van der Waals surface area contributed by atoms with Gasteiger partial charge in [-0.15, -0.1) is 11.3 Å². The third-order valence-corrected chi connectivity index (χ3v) is 6.76. The number of halogens is 1. The molecular weight excluding hydrogens is 413 g/mol. The van der Waals surface area contributed by atoms with Crippen molar-refractivity contribution in [1.29, 1.82) is 0 Å². The summed E-state index contributed by atoms with van der Waals surface area (Å²) in [5.41, 5.74) is 3.00. The van der Waals surface area contributed by atoms with E-state index in [1.165, 1.54) is 17.0 Å². The molecule has 2 heterocycles. The highest BCUT2D eigenvalue weighted by molar-refractivity contribution is 7.10. The van der Waals surface area contributed by atoms with Gasteiger partial charge in [0.15, 0.2) is 5.78 Å². The Morgan fingerprint density at radius 3 is 2.74 bits per heavy atom. The lowest BCUT2D eigenvalue weighted by Crippen LogP contribution is -2.36. The van der Waals surface area contributed by atoms with E-state index < -0.39 is 17.7 Å². The van der Waals surface area contributed by atoms with Crippen molar-refractivity contribution in [2.75, 3.05) is 6.61 Å². The topological polar surface area (TPSA) is 55.4 Å². The minimum absolute atomic E-state index is 0.0110. The molecule has 6 heteroatoms. The normalized spacial score (nSPS) is 21.3. The highest BCUT2D eigenvalue weighted by Crippen LogP contribution is 2.46. The van der Waals surface area contributed by atoms with Crippen LogP contribution >= 0.6 is 11.3 Å². The van der Waals surface area contributed by atoms with E-state index in [-0.39, 0.29) is 24.2 Å². The number of carbonyl (C=O) groups is 2. The average Bonchev–Trinajstić information content (AvgIpc) is 3.25. The zero-order chi connectivity index (χ0) is 22.1. The molecule has 0 amide bonds. The molecule has 0 saturated carbocycles. The Morgan fingerprint density at radius 1 is 1.26 bits per heavy atom. The second-order valence-electron chi connectivity index (χ2n) is 8.58. The number of dihydropyridines is 1. The van der Waals surface area contributed by atoms with Gasteiger partial charge in [-0.25, -0.2) is 9.18 Å². The highest BCUT2D eigenvalue weighted by Gasteiger charge is 2.41. The smallest absolute Gasteiger partial charge is 0.336 e. The van der Waals surface area contributed by atoms with E-state index in [0.717, 1.165) is 5.70 Å². The number of nitrogens with one attached hydrogen (secondary N) is 1. The van der Waals surface area contributed by atoms with E-state index in [0.29, 0.717) is 35.2 Å². The van der Waals surface area contributed by atoms with Gasteiger partial charge in [-0.05, 0) is 48.4 Å². The number of carbonyl (C=O) groups excluding carboxylic acids is 2. The molecule has 0 radical (unpaired) electrons. The van der Waals surface area contributed by atoms with Gasteiger partial charge < -0.3 is 10.1 Å².